The van der Waals surface area contributed by atoms with E-state index in [1.807, 2.05) is 6.92 Å². The van der Waals surface area contributed by atoms with Crippen LogP contribution >= 0.6 is 0 Å². The molecule has 0 saturated carbocycles. The first-order valence-corrected chi connectivity index (χ1v) is 8.08. The van der Waals surface area contributed by atoms with E-state index in [9.17, 15) is 0 Å². The number of ether oxygens (including phenoxy) is 2. The van der Waals surface area contributed by atoms with Gasteiger partial charge < -0.3 is 18.8 Å². The highest BCUT2D eigenvalue weighted by Crippen LogP contribution is 2.22. The smallest absolute Gasteiger partial charge is 0.107 e. The van der Waals surface area contributed by atoms with Gasteiger partial charge in [0.2, 0.25) is 0 Å². The number of aryl methyl sites for hydroxylation is 1. The minimum atomic E-state index is 0.418. The second-order valence-corrected chi connectivity index (χ2v) is 6.04. The van der Waals surface area contributed by atoms with Crippen LogP contribution < -0.4 is 0 Å². The summed E-state index contributed by atoms with van der Waals surface area (Å²) in [6.45, 7) is 9.09. The Kier molecular flexibility index (Phi) is 6.74. The minimum absolute atomic E-state index is 0.418. The zero-order chi connectivity index (χ0) is 15.1. The molecular formula is C17H29NO3. The third-order valence-corrected chi connectivity index (χ3v) is 4.30. The predicted molar refractivity (Wildman–Crippen MR) is 83.8 cm³/mol. The maximum atomic E-state index is 5.80. The first kappa shape index (κ1) is 16.5. The lowest BCUT2D eigenvalue weighted by molar-refractivity contribution is -0.0149. The maximum Gasteiger partial charge on any atom is 0.107 e. The van der Waals surface area contributed by atoms with Gasteiger partial charge in [-0.3, -0.25) is 0 Å². The monoisotopic (exact) mass is 295 g/mol. The molecule has 0 radical (unpaired) electrons. The molecule has 4 heteroatoms. The molecule has 1 fully saturated rings. The lowest BCUT2D eigenvalue weighted by Gasteiger charge is -2.32. The van der Waals surface area contributed by atoms with Gasteiger partial charge in [0, 0.05) is 26.1 Å². The molecule has 0 aliphatic carbocycles. The number of hydrogen-bond donors (Lipinski definition) is 0. The molecule has 2 rings (SSSR count). The fourth-order valence-corrected chi connectivity index (χ4v) is 2.83. The highest BCUT2D eigenvalue weighted by atomic mass is 16.5. The molecule has 21 heavy (non-hydrogen) atoms. The zero-order valence-corrected chi connectivity index (χ0v) is 13.6. The van der Waals surface area contributed by atoms with Gasteiger partial charge in [-0.15, -0.1) is 0 Å². The van der Waals surface area contributed by atoms with Gasteiger partial charge in [-0.1, -0.05) is 6.92 Å². The number of likely N-dealkylation sites (tertiary alicyclic amines) is 1. The van der Waals surface area contributed by atoms with Crippen LogP contribution in [0.5, 0.6) is 0 Å². The molecule has 1 aromatic heterocycles. The highest BCUT2D eigenvalue weighted by Gasteiger charge is 2.20. The number of methoxy groups -OCH3 is 1. The SMILES string of the molecule is COCCOC1CCN(CCC(C)c2ccc(C)o2)CC1. The molecular weight excluding hydrogens is 266 g/mol. The first-order valence-electron chi connectivity index (χ1n) is 8.08. The molecule has 0 amide bonds. The fourth-order valence-electron chi connectivity index (χ4n) is 2.83. The topological polar surface area (TPSA) is 34.8 Å². The molecule has 1 aliphatic heterocycles. The summed E-state index contributed by atoms with van der Waals surface area (Å²) in [5.41, 5.74) is 0. The van der Waals surface area contributed by atoms with E-state index in [0.717, 1.165) is 57.0 Å². The van der Waals surface area contributed by atoms with Gasteiger partial charge in [0.05, 0.1) is 19.3 Å². The van der Waals surface area contributed by atoms with Crippen molar-refractivity contribution < 1.29 is 13.9 Å². The van der Waals surface area contributed by atoms with Crippen LogP contribution in [-0.2, 0) is 9.47 Å². The lowest BCUT2D eigenvalue weighted by Crippen LogP contribution is -2.38. The standard InChI is InChI=1S/C17H29NO3/c1-14(17-5-4-15(2)21-17)6-9-18-10-7-16(8-11-18)20-13-12-19-3/h4-5,14,16H,6-13H2,1-3H3. The van der Waals surface area contributed by atoms with Crippen LogP contribution in [0.15, 0.2) is 16.5 Å². The molecule has 1 atom stereocenters. The van der Waals surface area contributed by atoms with E-state index in [4.69, 9.17) is 13.9 Å². The molecule has 0 bridgehead atoms. The van der Waals surface area contributed by atoms with Gasteiger partial charge in [-0.05, 0) is 44.9 Å². The predicted octanol–water partition coefficient (Wildman–Crippen LogP) is 3.21. The lowest BCUT2D eigenvalue weighted by atomic mass is 10.0. The Balaban J connectivity index is 1.62. The molecule has 120 valence electrons. The van der Waals surface area contributed by atoms with Crippen molar-refractivity contribution in [1.29, 1.82) is 0 Å². The Morgan fingerprint density at radius 2 is 2.05 bits per heavy atom. The zero-order valence-electron chi connectivity index (χ0n) is 13.6. The Hall–Kier alpha value is -0.840. The number of furan rings is 1. The van der Waals surface area contributed by atoms with Gasteiger partial charge in [0.1, 0.15) is 11.5 Å². The average Bonchev–Trinajstić information content (AvgIpc) is 2.93. The van der Waals surface area contributed by atoms with Crippen LogP contribution in [0.1, 0.15) is 43.6 Å². The van der Waals surface area contributed by atoms with Crippen molar-refractivity contribution >= 4 is 0 Å². The quantitative estimate of drug-likeness (QED) is 0.690. The van der Waals surface area contributed by atoms with Crippen molar-refractivity contribution in [2.45, 2.75) is 45.1 Å². The van der Waals surface area contributed by atoms with E-state index in [-0.39, 0.29) is 0 Å². The van der Waals surface area contributed by atoms with Crippen LogP contribution in [0.2, 0.25) is 0 Å². The molecule has 0 N–H and O–H groups in total. The number of hydrogen-bond acceptors (Lipinski definition) is 4. The average molecular weight is 295 g/mol. The van der Waals surface area contributed by atoms with Crippen LogP contribution in [0.4, 0.5) is 0 Å². The maximum absolute atomic E-state index is 5.80. The summed E-state index contributed by atoms with van der Waals surface area (Å²) in [5, 5.41) is 0. The molecule has 2 heterocycles. The second kappa shape index (κ2) is 8.57. The normalized spacial score (nSPS) is 19.0. The summed E-state index contributed by atoms with van der Waals surface area (Å²) in [6.07, 6.45) is 3.85. The third-order valence-electron chi connectivity index (χ3n) is 4.30. The van der Waals surface area contributed by atoms with Crippen LogP contribution in [0.25, 0.3) is 0 Å². The first-order chi connectivity index (χ1) is 10.2. The van der Waals surface area contributed by atoms with Crippen LogP contribution in [0, 0.1) is 6.92 Å². The van der Waals surface area contributed by atoms with Crippen molar-refractivity contribution in [1.82, 2.24) is 4.90 Å². The summed E-state index contributed by atoms with van der Waals surface area (Å²) >= 11 is 0. The summed E-state index contributed by atoms with van der Waals surface area (Å²) in [5.74, 6) is 2.62. The Morgan fingerprint density at radius 1 is 1.29 bits per heavy atom. The van der Waals surface area contributed by atoms with Crippen molar-refractivity contribution in [2.75, 3.05) is 40.0 Å². The van der Waals surface area contributed by atoms with E-state index < -0.39 is 0 Å². The van der Waals surface area contributed by atoms with E-state index in [2.05, 4.69) is 24.0 Å². The van der Waals surface area contributed by atoms with Crippen LogP contribution in [-0.4, -0.2) is 51.0 Å². The summed E-state index contributed by atoms with van der Waals surface area (Å²) in [4.78, 5) is 2.54. The van der Waals surface area contributed by atoms with Gasteiger partial charge in [-0.2, -0.15) is 0 Å². The Morgan fingerprint density at radius 3 is 2.67 bits per heavy atom. The number of piperidine rings is 1. The van der Waals surface area contributed by atoms with Crippen molar-refractivity contribution in [3.8, 4) is 0 Å². The number of rotatable bonds is 8. The van der Waals surface area contributed by atoms with E-state index in [1.54, 1.807) is 7.11 Å². The molecule has 0 aromatic carbocycles. The van der Waals surface area contributed by atoms with E-state index in [1.165, 1.54) is 0 Å². The molecule has 0 spiro atoms. The third kappa shape index (κ3) is 5.46. The summed E-state index contributed by atoms with van der Waals surface area (Å²) < 4.78 is 16.5. The molecule has 1 saturated heterocycles. The van der Waals surface area contributed by atoms with Gasteiger partial charge in [-0.25, -0.2) is 0 Å². The highest BCUT2D eigenvalue weighted by molar-refractivity contribution is 5.09. The summed E-state index contributed by atoms with van der Waals surface area (Å²) in [6, 6.07) is 4.16. The van der Waals surface area contributed by atoms with Crippen molar-refractivity contribution in [2.24, 2.45) is 0 Å². The number of nitrogens with zero attached hydrogens (tertiary/aromatic N) is 1. The second-order valence-electron chi connectivity index (χ2n) is 6.04. The molecule has 1 aliphatic rings. The van der Waals surface area contributed by atoms with Crippen LogP contribution in [0.3, 0.4) is 0 Å². The Labute approximate surface area is 128 Å². The molecule has 1 unspecified atom stereocenters. The summed E-state index contributed by atoms with van der Waals surface area (Å²) in [7, 11) is 1.72. The van der Waals surface area contributed by atoms with Crippen molar-refractivity contribution in [3.63, 3.8) is 0 Å². The van der Waals surface area contributed by atoms with Crippen molar-refractivity contribution in [3.05, 3.63) is 23.7 Å². The molecule has 1 aromatic rings. The van der Waals surface area contributed by atoms with E-state index >= 15 is 0 Å². The van der Waals surface area contributed by atoms with Gasteiger partial charge in [0.25, 0.3) is 0 Å². The minimum Gasteiger partial charge on any atom is -0.466 e. The Bertz CT molecular complexity index is 396. The van der Waals surface area contributed by atoms with E-state index in [0.29, 0.717) is 18.6 Å². The fraction of sp³-hybridized carbons (Fsp3) is 0.765. The van der Waals surface area contributed by atoms with Gasteiger partial charge >= 0.3 is 0 Å². The van der Waals surface area contributed by atoms with Gasteiger partial charge in [0.15, 0.2) is 0 Å². The largest absolute Gasteiger partial charge is 0.466 e. The molecule has 4 nitrogen and oxygen atoms in total.